The Balaban J connectivity index is 2.52. The molecule has 23 heavy (non-hydrogen) atoms. The second-order valence-corrected chi connectivity index (χ2v) is 6.65. The number of halogens is 3. The lowest BCUT2D eigenvalue weighted by Gasteiger charge is -2.16. The molecular weight excluding hydrogens is 331 g/mol. The molecule has 8 heteroatoms. The molecule has 2 N–H and O–H groups in total. The average molecular weight is 345 g/mol. The number of nitrogens with one attached hydrogen (secondary N) is 1. The first kappa shape index (κ1) is 17.1. The van der Waals surface area contributed by atoms with Gasteiger partial charge in [0.25, 0.3) is 10.0 Å². The van der Waals surface area contributed by atoms with Crippen molar-refractivity contribution in [2.45, 2.75) is 24.9 Å². The summed E-state index contributed by atoms with van der Waals surface area (Å²) in [5.41, 5.74) is -0.467. The van der Waals surface area contributed by atoms with Gasteiger partial charge in [-0.2, -0.15) is 13.2 Å². The van der Waals surface area contributed by atoms with Crippen molar-refractivity contribution in [2.75, 3.05) is 4.72 Å². The Labute approximate surface area is 131 Å². The number of aryl methyl sites for hydroxylation is 1. The number of sulfonamides is 1. The van der Waals surface area contributed by atoms with Gasteiger partial charge in [0.05, 0.1) is 16.1 Å². The largest absolute Gasteiger partial charge is 0.507 e. The molecule has 0 amide bonds. The van der Waals surface area contributed by atoms with Crippen LogP contribution in [0.4, 0.5) is 18.9 Å². The number of rotatable bonds is 3. The molecule has 0 atom stereocenters. The summed E-state index contributed by atoms with van der Waals surface area (Å²) in [6, 6.07) is 6.77. The maximum Gasteiger partial charge on any atom is 0.417 e. The van der Waals surface area contributed by atoms with Gasteiger partial charge in [0.15, 0.2) is 0 Å². The van der Waals surface area contributed by atoms with E-state index in [0.717, 1.165) is 12.1 Å². The van der Waals surface area contributed by atoms with Crippen molar-refractivity contribution < 1.29 is 26.7 Å². The second kappa shape index (κ2) is 5.77. The van der Waals surface area contributed by atoms with Crippen LogP contribution >= 0.6 is 0 Å². The van der Waals surface area contributed by atoms with E-state index in [4.69, 9.17) is 0 Å². The van der Waals surface area contributed by atoms with Crippen LogP contribution in [0, 0.1) is 13.8 Å². The molecule has 0 aliphatic heterocycles. The summed E-state index contributed by atoms with van der Waals surface area (Å²) in [7, 11) is -4.46. The highest BCUT2D eigenvalue weighted by Crippen LogP contribution is 2.35. The molecule has 0 saturated carbocycles. The fraction of sp³-hybridized carbons (Fsp3) is 0.200. The van der Waals surface area contributed by atoms with E-state index in [0.29, 0.717) is 11.6 Å². The molecule has 2 aromatic rings. The maximum absolute atomic E-state index is 13.0. The van der Waals surface area contributed by atoms with E-state index in [1.807, 2.05) is 0 Å². The van der Waals surface area contributed by atoms with Gasteiger partial charge in [0.1, 0.15) is 5.75 Å². The molecule has 0 saturated heterocycles. The van der Waals surface area contributed by atoms with Gasteiger partial charge in [0, 0.05) is 5.56 Å². The van der Waals surface area contributed by atoms with Crippen LogP contribution in [0.25, 0.3) is 0 Å². The Morgan fingerprint density at radius 1 is 1.04 bits per heavy atom. The number of benzene rings is 2. The minimum atomic E-state index is -4.80. The lowest BCUT2D eigenvalue weighted by atomic mass is 10.1. The van der Waals surface area contributed by atoms with Crippen molar-refractivity contribution in [3.8, 4) is 5.75 Å². The van der Waals surface area contributed by atoms with Crippen molar-refractivity contribution >= 4 is 15.7 Å². The first-order valence-electron chi connectivity index (χ1n) is 6.52. The number of hydrogen-bond acceptors (Lipinski definition) is 3. The average Bonchev–Trinajstić information content (AvgIpc) is 2.47. The first-order valence-corrected chi connectivity index (χ1v) is 8.00. The summed E-state index contributed by atoms with van der Waals surface area (Å²) in [5.74, 6) is -0.116. The number of alkyl halides is 3. The number of hydrogen-bond donors (Lipinski definition) is 2. The van der Waals surface area contributed by atoms with Crippen LogP contribution in [0.15, 0.2) is 41.3 Å². The third-order valence-corrected chi connectivity index (χ3v) is 4.78. The quantitative estimate of drug-likeness (QED) is 0.888. The summed E-state index contributed by atoms with van der Waals surface area (Å²) in [4.78, 5) is -0.869. The molecule has 4 nitrogen and oxygen atoms in total. The third kappa shape index (κ3) is 3.42. The lowest BCUT2D eigenvalue weighted by molar-refractivity contribution is -0.139. The summed E-state index contributed by atoms with van der Waals surface area (Å²) < 4.78 is 65.7. The van der Waals surface area contributed by atoms with Gasteiger partial charge in [0.2, 0.25) is 0 Å². The SMILES string of the molecule is Cc1ccc(NS(=O)(=O)c2ccccc2C(F)(F)F)c(C)c1O. The number of phenols is 1. The van der Waals surface area contributed by atoms with E-state index >= 15 is 0 Å². The lowest BCUT2D eigenvalue weighted by Crippen LogP contribution is -2.19. The first-order chi connectivity index (χ1) is 10.5. The monoisotopic (exact) mass is 345 g/mol. The van der Waals surface area contributed by atoms with E-state index < -0.39 is 26.7 Å². The van der Waals surface area contributed by atoms with Crippen molar-refractivity contribution in [1.29, 1.82) is 0 Å². The minimum Gasteiger partial charge on any atom is -0.507 e. The van der Waals surface area contributed by atoms with Crippen molar-refractivity contribution in [3.05, 3.63) is 53.1 Å². The molecule has 0 aliphatic rings. The maximum atomic E-state index is 13.0. The fourth-order valence-electron chi connectivity index (χ4n) is 2.08. The van der Waals surface area contributed by atoms with Gasteiger partial charge in [-0.1, -0.05) is 18.2 Å². The van der Waals surface area contributed by atoms with Crippen LogP contribution in [-0.4, -0.2) is 13.5 Å². The van der Waals surface area contributed by atoms with Crippen LogP contribution in [0.2, 0.25) is 0 Å². The van der Waals surface area contributed by atoms with Crippen LogP contribution in [0.3, 0.4) is 0 Å². The van der Waals surface area contributed by atoms with Gasteiger partial charge in [-0.15, -0.1) is 0 Å². The zero-order valence-electron chi connectivity index (χ0n) is 12.3. The number of aromatic hydroxyl groups is 1. The predicted molar refractivity (Wildman–Crippen MR) is 79.8 cm³/mol. The fourth-order valence-corrected chi connectivity index (χ4v) is 3.43. The Kier molecular flexibility index (Phi) is 4.30. The van der Waals surface area contributed by atoms with E-state index in [1.165, 1.54) is 25.1 Å². The second-order valence-electron chi connectivity index (χ2n) is 5.00. The number of anilines is 1. The van der Waals surface area contributed by atoms with Crippen LogP contribution < -0.4 is 4.72 Å². The molecule has 0 bridgehead atoms. The highest BCUT2D eigenvalue weighted by molar-refractivity contribution is 7.92. The summed E-state index contributed by atoms with van der Waals surface area (Å²) in [6.07, 6.45) is -4.80. The molecule has 0 spiro atoms. The summed E-state index contributed by atoms with van der Waals surface area (Å²) >= 11 is 0. The normalized spacial score (nSPS) is 12.2. The third-order valence-electron chi connectivity index (χ3n) is 3.36. The molecule has 0 unspecified atom stereocenters. The van der Waals surface area contributed by atoms with Gasteiger partial charge < -0.3 is 5.11 Å². The van der Waals surface area contributed by atoms with E-state index in [9.17, 15) is 26.7 Å². The standard InChI is InChI=1S/C15H14F3NO3S/c1-9-7-8-12(10(2)14(9)20)19-23(21,22)13-6-4-3-5-11(13)15(16,17)18/h3-8,19-20H,1-2H3. The van der Waals surface area contributed by atoms with Crippen molar-refractivity contribution in [1.82, 2.24) is 0 Å². The Bertz CT molecular complexity index is 846. The van der Waals surface area contributed by atoms with Gasteiger partial charge in [-0.05, 0) is 37.6 Å². The molecule has 0 heterocycles. The van der Waals surface area contributed by atoms with Crippen LogP contribution in [0.5, 0.6) is 5.75 Å². The van der Waals surface area contributed by atoms with Crippen molar-refractivity contribution in [2.24, 2.45) is 0 Å². The van der Waals surface area contributed by atoms with Gasteiger partial charge in [-0.3, -0.25) is 4.72 Å². The molecule has 2 aromatic carbocycles. The molecule has 0 aromatic heterocycles. The summed E-state index contributed by atoms with van der Waals surface area (Å²) in [5, 5.41) is 9.82. The molecule has 124 valence electrons. The van der Waals surface area contributed by atoms with E-state index in [1.54, 1.807) is 6.92 Å². The van der Waals surface area contributed by atoms with Crippen LogP contribution in [-0.2, 0) is 16.2 Å². The van der Waals surface area contributed by atoms with Crippen molar-refractivity contribution in [3.63, 3.8) is 0 Å². The molecule has 0 fully saturated rings. The predicted octanol–water partition coefficient (Wildman–Crippen LogP) is 3.83. The topological polar surface area (TPSA) is 66.4 Å². The van der Waals surface area contributed by atoms with E-state index in [2.05, 4.69) is 4.72 Å². The Morgan fingerprint density at radius 2 is 1.65 bits per heavy atom. The molecule has 0 aliphatic carbocycles. The Morgan fingerprint density at radius 3 is 2.26 bits per heavy atom. The highest BCUT2D eigenvalue weighted by Gasteiger charge is 2.37. The van der Waals surface area contributed by atoms with Gasteiger partial charge in [-0.25, -0.2) is 8.42 Å². The van der Waals surface area contributed by atoms with Gasteiger partial charge >= 0.3 is 6.18 Å². The smallest absolute Gasteiger partial charge is 0.417 e. The number of phenolic OH excluding ortho intramolecular Hbond substituents is 1. The zero-order valence-corrected chi connectivity index (χ0v) is 13.1. The summed E-state index contributed by atoms with van der Waals surface area (Å²) in [6.45, 7) is 3.09. The molecular formula is C15H14F3NO3S. The molecule has 0 radical (unpaired) electrons. The van der Waals surface area contributed by atoms with E-state index in [-0.39, 0.29) is 17.0 Å². The minimum absolute atomic E-state index is 0.0186. The van der Waals surface area contributed by atoms with Crippen LogP contribution in [0.1, 0.15) is 16.7 Å². The zero-order chi connectivity index (χ0) is 17.4. The highest BCUT2D eigenvalue weighted by atomic mass is 32.2. The molecule has 2 rings (SSSR count). The Hall–Kier alpha value is -2.22.